The summed E-state index contributed by atoms with van der Waals surface area (Å²) in [6, 6.07) is 0. The summed E-state index contributed by atoms with van der Waals surface area (Å²) >= 11 is 6.34. The maximum atomic E-state index is 4.20. The molecule has 0 nitrogen and oxygen atoms in total. The van der Waals surface area contributed by atoms with Crippen molar-refractivity contribution in [3.8, 4) is 0 Å². The molecule has 0 aliphatic rings. The Bertz CT molecular complexity index is 402. The van der Waals surface area contributed by atoms with Gasteiger partial charge in [0.15, 0.2) is 0 Å². The van der Waals surface area contributed by atoms with Gasteiger partial charge in [-0.15, -0.1) is 0 Å². The molecule has 236 valence electrons. The van der Waals surface area contributed by atoms with Gasteiger partial charge in [0.1, 0.15) is 0 Å². The molecule has 0 saturated heterocycles. The summed E-state index contributed by atoms with van der Waals surface area (Å²) in [5.74, 6) is 0. The van der Waals surface area contributed by atoms with Gasteiger partial charge in [-0.3, -0.25) is 0 Å². The Hall–Kier alpha value is 1.76. The van der Waals surface area contributed by atoms with Gasteiger partial charge in [0, 0.05) is 0 Å². The van der Waals surface area contributed by atoms with Gasteiger partial charge < -0.3 is 0 Å². The van der Waals surface area contributed by atoms with Crippen LogP contribution in [0.2, 0.25) is 8.87 Å². The molecule has 0 aromatic heterocycles. The molecule has 0 radical (unpaired) electrons. The van der Waals surface area contributed by atoms with Gasteiger partial charge in [0.05, 0.1) is 0 Å². The zero-order valence-electron chi connectivity index (χ0n) is 27.3. The van der Waals surface area contributed by atoms with Crippen LogP contribution in [0, 0.1) is 0 Å². The Labute approximate surface area is 265 Å². The van der Waals surface area contributed by atoms with E-state index in [0.29, 0.717) is 0 Å². The molecule has 0 rings (SSSR count). The van der Waals surface area contributed by atoms with Gasteiger partial charge in [0.2, 0.25) is 0 Å². The van der Waals surface area contributed by atoms with Gasteiger partial charge in [-0.2, -0.15) is 0 Å². The molecule has 39 heavy (non-hydrogen) atoms. The third kappa shape index (κ3) is 35.9. The predicted octanol–water partition coefficient (Wildman–Crippen LogP) is 15.7. The van der Waals surface area contributed by atoms with E-state index in [0.717, 1.165) is 0 Å². The van der Waals surface area contributed by atoms with Crippen LogP contribution in [-0.4, -0.2) is 13.9 Å². The monoisotopic (exact) mass is 784 g/mol. The SMILES string of the molecule is CCCCCCCCCCCCCCCCC[CH2][Sn]([Br])([Br])[CH2]CCCCCCCCCCCCCCCCC. The van der Waals surface area contributed by atoms with Crippen molar-refractivity contribution >= 4 is 39.3 Å². The second-order valence-electron chi connectivity index (χ2n) is 13.0. The van der Waals surface area contributed by atoms with Crippen LogP contribution in [0.1, 0.15) is 219 Å². The molecule has 0 unspecified atom stereocenters. The fourth-order valence-electron chi connectivity index (χ4n) is 5.99. The maximum absolute atomic E-state index is 4.20. The molecule has 3 heteroatoms. The fraction of sp³-hybridized carbons (Fsp3) is 1.00. The van der Waals surface area contributed by atoms with E-state index in [9.17, 15) is 0 Å². The number of hydrogen-bond donors (Lipinski definition) is 0. The molecular weight excluding hydrogens is 711 g/mol. The number of rotatable bonds is 34. The van der Waals surface area contributed by atoms with E-state index in [4.69, 9.17) is 0 Å². The van der Waals surface area contributed by atoms with Crippen LogP contribution < -0.4 is 0 Å². The van der Waals surface area contributed by atoms with Crippen molar-refractivity contribution in [1.29, 1.82) is 0 Å². The first-order valence-corrected chi connectivity index (χ1v) is 35.3. The number of unbranched alkanes of at least 4 members (excludes halogenated alkanes) is 30. The van der Waals surface area contributed by atoms with Crippen molar-refractivity contribution in [2.24, 2.45) is 0 Å². The van der Waals surface area contributed by atoms with Crippen molar-refractivity contribution in [3.05, 3.63) is 0 Å². The molecule has 0 spiro atoms. The average molecular weight is 786 g/mol. The quantitative estimate of drug-likeness (QED) is 0.0450. The third-order valence-corrected chi connectivity index (χ3v) is 25.6. The molecule has 0 aromatic carbocycles. The van der Waals surface area contributed by atoms with Gasteiger partial charge in [0.25, 0.3) is 0 Å². The molecule has 0 aliphatic carbocycles. The minimum atomic E-state index is -2.06. The Balaban J connectivity index is 3.26. The first kappa shape index (κ1) is 40.8. The summed E-state index contributed by atoms with van der Waals surface area (Å²) in [6.45, 7) is 4.62. The second-order valence-corrected chi connectivity index (χ2v) is 48.2. The third-order valence-electron chi connectivity index (χ3n) is 8.79. The summed E-state index contributed by atoms with van der Waals surface area (Å²) in [6.07, 6.45) is 47.0. The van der Waals surface area contributed by atoms with Gasteiger partial charge >= 0.3 is 189 Å². The van der Waals surface area contributed by atoms with E-state index in [1.165, 1.54) is 214 Å². The average Bonchev–Trinajstić information content (AvgIpc) is 2.92. The van der Waals surface area contributed by atoms with Crippen molar-refractivity contribution in [2.45, 2.75) is 228 Å². The normalized spacial score (nSPS) is 12.0. The van der Waals surface area contributed by atoms with E-state index in [1.807, 2.05) is 0 Å². The number of hydrogen-bond acceptors (Lipinski definition) is 0. The minimum Gasteiger partial charge on any atom is -0.0654 e. The van der Waals surface area contributed by atoms with Crippen LogP contribution in [0.3, 0.4) is 0 Å². The molecule has 0 atom stereocenters. The summed E-state index contributed by atoms with van der Waals surface area (Å²) in [5.41, 5.74) is 0. The van der Waals surface area contributed by atoms with Crippen LogP contribution in [0.25, 0.3) is 0 Å². The molecule has 0 saturated carbocycles. The molecule has 0 N–H and O–H groups in total. The van der Waals surface area contributed by atoms with Crippen molar-refractivity contribution in [3.63, 3.8) is 0 Å². The molecule has 0 fully saturated rings. The van der Waals surface area contributed by atoms with Crippen molar-refractivity contribution < 1.29 is 0 Å². The first-order valence-electron chi connectivity index (χ1n) is 18.5. The zero-order valence-corrected chi connectivity index (χ0v) is 33.3. The molecule has 0 aromatic rings. The van der Waals surface area contributed by atoms with Crippen LogP contribution in [0.15, 0.2) is 0 Å². The molecule has 0 bridgehead atoms. The second kappa shape index (κ2) is 34.3. The molecule has 0 aliphatic heterocycles. The number of halogens is 2. The van der Waals surface area contributed by atoms with Gasteiger partial charge in [-0.05, 0) is 0 Å². The molecule has 0 amide bonds. The Morgan fingerprint density at radius 3 is 0.590 bits per heavy atom. The van der Waals surface area contributed by atoms with E-state index in [1.54, 1.807) is 0 Å². The van der Waals surface area contributed by atoms with Crippen molar-refractivity contribution in [2.75, 3.05) is 0 Å². The van der Waals surface area contributed by atoms with E-state index >= 15 is 0 Å². The van der Waals surface area contributed by atoms with Crippen LogP contribution in [0.5, 0.6) is 0 Å². The molecular formula is C36H74Br2Sn. The van der Waals surface area contributed by atoms with Gasteiger partial charge in [-0.25, -0.2) is 0 Å². The van der Waals surface area contributed by atoms with Crippen LogP contribution in [0.4, 0.5) is 0 Å². The molecule has 0 heterocycles. The summed E-state index contributed by atoms with van der Waals surface area (Å²) in [7, 11) is 0. The Morgan fingerprint density at radius 1 is 0.256 bits per heavy atom. The van der Waals surface area contributed by atoms with Crippen molar-refractivity contribution in [1.82, 2.24) is 0 Å². The topological polar surface area (TPSA) is 0 Å². The minimum absolute atomic E-state index is 1.37. The van der Waals surface area contributed by atoms with Gasteiger partial charge in [-0.1, -0.05) is 78.1 Å². The Morgan fingerprint density at radius 2 is 0.410 bits per heavy atom. The van der Waals surface area contributed by atoms with Crippen LogP contribution >= 0.6 is 25.4 Å². The fourth-order valence-corrected chi connectivity index (χ4v) is 18.6. The Kier molecular flexibility index (Phi) is 35.8. The zero-order chi connectivity index (χ0) is 28.5. The smallest absolute Gasteiger partial charge is 0.0654 e. The summed E-state index contributed by atoms with van der Waals surface area (Å²) in [4.78, 5) is 0. The van der Waals surface area contributed by atoms with Crippen LogP contribution in [-0.2, 0) is 0 Å². The summed E-state index contributed by atoms with van der Waals surface area (Å²) < 4.78 is 2.98. The summed E-state index contributed by atoms with van der Waals surface area (Å²) in [5, 5.41) is 0. The van der Waals surface area contributed by atoms with E-state index < -0.39 is 13.9 Å². The van der Waals surface area contributed by atoms with E-state index in [-0.39, 0.29) is 0 Å². The standard InChI is InChI=1S/2C18H37.2BrH.Sn/c2*1-3-5-7-9-11-13-15-17-18-16-14-12-10-8-6-4-2;;;/h2*1,3-18H2,2H3;2*1H;/q;;;;+2/p-2. The van der Waals surface area contributed by atoms with E-state index in [2.05, 4.69) is 39.3 Å². The first-order chi connectivity index (χ1) is 19.1. The predicted molar refractivity (Wildman–Crippen MR) is 192 cm³/mol.